The van der Waals surface area contributed by atoms with Gasteiger partial charge >= 0.3 is 0 Å². The predicted octanol–water partition coefficient (Wildman–Crippen LogP) is 3.83. The summed E-state index contributed by atoms with van der Waals surface area (Å²) >= 11 is 4.22. The minimum Gasteiger partial charge on any atom is -0.372 e. The highest BCUT2D eigenvalue weighted by molar-refractivity contribution is 7.80. The first-order valence-electron chi connectivity index (χ1n) is 7.18. The van der Waals surface area contributed by atoms with Crippen LogP contribution in [0.25, 0.3) is 0 Å². The maximum atomic E-state index is 12.1. The molecule has 1 N–H and O–H groups in total. The van der Waals surface area contributed by atoms with Gasteiger partial charge in [-0.3, -0.25) is 4.79 Å². The normalized spacial score (nSPS) is 14.2. The number of carbonyl (C=O) groups excluding carboxylic acids is 1. The molecule has 21 heavy (non-hydrogen) atoms. The standard InChI is InChI=1S/C17H18N2OS/c20-17(13-3-9-16(21)10-4-13)18-14-5-7-15(8-6-14)19-11-1-2-12-19/h3-10,21H,1-2,11-12H2,(H,18,20). The van der Waals surface area contributed by atoms with Gasteiger partial charge in [0, 0.05) is 34.9 Å². The van der Waals surface area contributed by atoms with E-state index in [1.165, 1.54) is 18.5 Å². The zero-order chi connectivity index (χ0) is 14.7. The summed E-state index contributed by atoms with van der Waals surface area (Å²) in [6.07, 6.45) is 2.53. The van der Waals surface area contributed by atoms with Crippen LogP contribution in [0.4, 0.5) is 11.4 Å². The average Bonchev–Trinajstić information content (AvgIpc) is 3.03. The third-order valence-electron chi connectivity index (χ3n) is 3.73. The lowest BCUT2D eigenvalue weighted by molar-refractivity contribution is 0.102. The molecule has 0 saturated carbocycles. The molecule has 0 atom stereocenters. The van der Waals surface area contributed by atoms with Gasteiger partial charge in [-0.05, 0) is 61.4 Å². The molecule has 1 heterocycles. The lowest BCUT2D eigenvalue weighted by Gasteiger charge is -2.17. The van der Waals surface area contributed by atoms with Gasteiger partial charge in [-0.25, -0.2) is 0 Å². The van der Waals surface area contributed by atoms with Gasteiger partial charge in [-0.1, -0.05) is 0 Å². The summed E-state index contributed by atoms with van der Waals surface area (Å²) in [6, 6.07) is 15.2. The third kappa shape index (κ3) is 3.39. The van der Waals surface area contributed by atoms with Crippen molar-refractivity contribution in [1.82, 2.24) is 0 Å². The molecule has 0 unspecified atom stereocenters. The van der Waals surface area contributed by atoms with E-state index in [0.29, 0.717) is 5.56 Å². The molecule has 0 radical (unpaired) electrons. The molecular formula is C17H18N2OS. The number of carbonyl (C=O) groups is 1. The topological polar surface area (TPSA) is 32.3 Å². The molecule has 4 heteroatoms. The van der Waals surface area contributed by atoms with Crippen molar-refractivity contribution in [2.24, 2.45) is 0 Å². The number of benzene rings is 2. The fraction of sp³-hybridized carbons (Fsp3) is 0.235. The van der Waals surface area contributed by atoms with Gasteiger partial charge < -0.3 is 10.2 Å². The fourth-order valence-corrected chi connectivity index (χ4v) is 2.70. The average molecular weight is 298 g/mol. The van der Waals surface area contributed by atoms with Crippen LogP contribution in [0.3, 0.4) is 0 Å². The molecule has 0 bridgehead atoms. The predicted molar refractivity (Wildman–Crippen MR) is 89.5 cm³/mol. The van der Waals surface area contributed by atoms with E-state index < -0.39 is 0 Å². The largest absolute Gasteiger partial charge is 0.372 e. The Kier molecular flexibility index (Phi) is 4.15. The highest BCUT2D eigenvalue weighted by atomic mass is 32.1. The minimum absolute atomic E-state index is 0.0998. The number of nitrogens with zero attached hydrogens (tertiary/aromatic N) is 1. The van der Waals surface area contributed by atoms with E-state index in [0.717, 1.165) is 23.7 Å². The van der Waals surface area contributed by atoms with Crippen molar-refractivity contribution in [3.05, 3.63) is 54.1 Å². The molecule has 108 valence electrons. The number of anilines is 2. The lowest BCUT2D eigenvalue weighted by atomic mass is 10.2. The molecule has 1 aliphatic rings. The van der Waals surface area contributed by atoms with Crippen molar-refractivity contribution in [2.75, 3.05) is 23.3 Å². The molecule has 2 aromatic carbocycles. The van der Waals surface area contributed by atoms with Crippen molar-refractivity contribution < 1.29 is 4.79 Å². The van der Waals surface area contributed by atoms with Crippen LogP contribution in [0.5, 0.6) is 0 Å². The molecule has 2 aromatic rings. The molecule has 3 rings (SSSR count). The molecule has 1 aliphatic heterocycles. The Morgan fingerprint density at radius 1 is 0.952 bits per heavy atom. The van der Waals surface area contributed by atoms with Gasteiger partial charge in [0.1, 0.15) is 0 Å². The Morgan fingerprint density at radius 3 is 2.19 bits per heavy atom. The first kappa shape index (κ1) is 14.0. The molecule has 0 aromatic heterocycles. The van der Waals surface area contributed by atoms with Crippen molar-refractivity contribution >= 4 is 29.9 Å². The van der Waals surface area contributed by atoms with E-state index in [1.807, 2.05) is 24.3 Å². The number of rotatable bonds is 3. The summed E-state index contributed by atoms with van der Waals surface area (Å²) in [5.41, 5.74) is 2.68. The van der Waals surface area contributed by atoms with Crippen LogP contribution in [0.15, 0.2) is 53.4 Å². The van der Waals surface area contributed by atoms with Crippen LogP contribution >= 0.6 is 12.6 Å². The van der Waals surface area contributed by atoms with Crippen molar-refractivity contribution in [1.29, 1.82) is 0 Å². The van der Waals surface area contributed by atoms with E-state index >= 15 is 0 Å². The smallest absolute Gasteiger partial charge is 0.255 e. The zero-order valence-electron chi connectivity index (χ0n) is 11.7. The quantitative estimate of drug-likeness (QED) is 0.844. The molecule has 0 spiro atoms. The summed E-state index contributed by atoms with van der Waals surface area (Å²) < 4.78 is 0. The van der Waals surface area contributed by atoms with Crippen molar-refractivity contribution in [2.45, 2.75) is 17.7 Å². The SMILES string of the molecule is O=C(Nc1ccc(N2CCCC2)cc1)c1ccc(S)cc1. The highest BCUT2D eigenvalue weighted by Gasteiger charge is 2.12. The van der Waals surface area contributed by atoms with Crippen LogP contribution < -0.4 is 10.2 Å². The summed E-state index contributed by atoms with van der Waals surface area (Å²) in [5.74, 6) is -0.0998. The van der Waals surface area contributed by atoms with E-state index in [9.17, 15) is 4.79 Å². The van der Waals surface area contributed by atoms with Crippen LogP contribution in [0, 0.1) is 0 Å². The fourth-order valence-electron chi connectivity index (χ4n) is 2.55. The maximum absolute atomic E-state index is 12.1. The van der Waals surface area contributed by atoms with Crippen LogP contribution in [0.1, 0.15) is 23.2 Å². The molecule has 3 nitrogen and oxygen atoms in total. The molecule has 1 saturated heterocycles. The lowest BCUT2D eigenvalue weighted by Crippen LogP contribution is -2.17. The van der Waals surface area contributed by atoms with E-state index in [1.54, 1.807) is 12.1 Å². The van der Waals surface area contributed by atoms with E-state index in [4.69, 9.17) is 0 Å². The second-order valence-electron chi connectivity index (χ2n) is 5.24. The van der Waals surface area contributed by atoms with Gasteiger partial charge in [0.15, 0.2) is 0 Å². The summed E-state index contributed by atoms with van der Waals surface area (Å²) in [4.78, 5) is 15.3. The Balaban J connectivity index is 1.67. The van der Waals surface area contributed by atoms with Crippen molar-refractivity contribution in [3.8, 4) is 0 Å². The Bertz CT molecular complexity index is 616. The summed E-state index contributed by atoms with van der Waals surface area (Å²) in [7, 11) is 0. The second-order valence-corrected chi connectivity index (χ2v) is 5.76. The first-order chi connectivity index (χ1) is 10.2. The van der Waals surface area contributed by atoms with Crippen LogP contribution in [0.2, 0.25) is 0 Å². The molecule has 1 amide bonds. The second kappa shape index (κ2) is 6.22. The summed E-state index contributed by atoms with van der Waals surface area (Å²) in [6.45, 7) is 2.25. The number of thiol groups is 1. The van der Waals surface area contributed by atoms with Gasteiger partial charge in [-0.15, -0.1) is 12.6 Å². The zero-order valence-corrected chi connectivity index (χ0v) is 12.6. The van der Waals surface area contributed by atoms with Gasteiger partial charge in [0.2, 0.25) is 0 Å². The monoisotopic (exact) mass is 298 g/mol. The molecule has 1 fully saturated rings. The van der Waals surface area contributed by atoms with E-state index in [2.05, 4.69) is 35.0 Å². The number of nitrogens with one attached hydrogen (secondary N) is 1. The van der Waals surface area contributed by atoms with Gasteiger partial charge in [0.05, 0.1) is 0 Å². The van der Waals surface area contributed by atoms with Gasteiger partial charge in [-0.2, -0.15) is 0 Å². The van der Waals surface area contributed by atoms with Crippen LogP contribution in [-0.2, 0) is 0 Å². The molecular weight excluding hydrogens is 280 g/mol. The Labute approximate surface area is 130 Å². The highest BCUT2D eigenvalue weighted by Crippen LogP contribution is 2.22. The summed E-state index contributed by atoms with van der Waals surface area (Å²) in [5, 5.41) is 2.91. The Hall–Kier alpha value is -1.94. The van der Waals surface area contributed by atoms with Crippen LogP contribution in [-0.4, -0.2) is 19.0 Å². The maximum Gasteiger partial charge on any atom is 0.255 e. The minimum atomic E-state index is -0.0998. The molecule has 0 aliphatic carbocycles. The third-order valence-corrected chi connectivity index (χ3v) is 4.02. The number of hydrogen-bond acceptors (Lipinski definition) is 3. The Morgan fingerprint density at radius 2 is 1.57 bits per heavy atom. The number of hydrogen-bond donors (Lipinski definition) is 2. The van der Waals surface area contributed by atoms with Gasteiger partial charge in [0.25, 0.3) is 5.91 Å². The number of amides is 1. The first-order valence-corrected chi connectivity index (χ1v) is 7.62. The van der Waals surface area contributed by atoms with Crippen molar-refractivity contribution in [3.63, 3.8) is 0 Å². The van der Waals surface area contributed by atoms with E-state index in [-0.39, 0.29) is 5.91 Å².